The highest BCUT2D eigenvalue weighted by molar-refractivity contribution is 5.79. The Morgan fingerprint density at radius 1 is 1.35 bits per heavy atom. The van der Waals surface area contributed by atoms with Crippen LogP contribution in [0.25, 0.3) is 0 Å². The van der Waals surface area contributed by atoms with Crippen molar-refractivity contribution in [2.75, 3.05) is 20.1 Å². The van der Waals surface area contributed by atoms with Crippen molar-refractivity contribution >= 4 is 5.91 Å². The Labute approximate surface area is 138 Å². The molecule has 1 unspecified atom stereocenters. The van der Waals surface area contributed by atoms with E-state index in [1.165, 1.54) is 12.0 Å². The molecular weight excluding hydrogens is 286 g/mol. The van der Waals surface area contributed by atoms with E-state index in [2.05, 4.69) is 17.0 Å². The predicted molar refractivity (Wildman–Crippen MR) is 89.6 cm³/mol. The van der Waals surface area contributed by atoms with E-state index in [0.29, 0.717) is 17.5 Å². The van der Waals surface area contributed by atoms with E-state index in [1.807, 2.05) is 30.1 Å². The molecule has 2 aliphatic rings. The van der Waals surface area contributed by atoms with E-state index in [1.54, 1.807) is 0 Å². The first-order valence-corrected chi connectivity index (χ1v) is 8.65. The van der Waals surface area contributed by atoms with E-state index in [4.69, 9.17) is 5.26 Å². The summed E-state index contributed by atoms with van der Waals surface area (Å²) in [4.78, 5) is 16.9. The first kappa shape index (κ1) is 16.0. The third-order valence-electron chi connectivity index (χ3n) is 5.29. The van der Waals surface area contributed by atoms with Gasteiger partial charge < -0.3 is 4.90 Å². The highest BCUT2D eigenvalue weighted by Crippen LogP contribution is 2.29. The molecule has 122 valence electrons. The van der Waals surface area contributed by atoms with Gasteiger partial charge in [0.1, 0.15) is 0 Å². The molecule has 1 amide bonds. The lowest BCUT2D eigenvalue weighted by Crippen LogP contribution is -2.50. The SMILES string of the molecule is CN(C(=O)C1CCC1)C1CCCN(Cc2cccc(C#N)c2)C1. The van der Waals surface area contributed by atoms with Crippen molar-refractivity contribution in [3.63, 3.8) is 0 Å². The first-order valence-electron chi connectivity index (χ1n) is 8.65. The summed E-state index contributed by atoms with van der Waals surface area (Å²) < 4.78 is 0. The third kappa shape index (κ3) is 3.73. The number of likely N-dealkylation sites (tertiary alicyclic amines) is 1. The van der Waals surface area contributed by atoms with E-state index in [9.17, 15) is 4.79 Å². The molecule has 1 aliphatic heterocycles. The topological polar surface area (TPSA) is 47.3 Å². The smallest absolute Gasteiger partial charge is 0.225 e. The van der Waals surface area contributed by atoms with Crippen LogP contribution in [0, 0.1) is 17.2 Å². The fraction of sp³-hybridized carbons (Fsp3) is 0.579. The number of nitrogens with zero attached hydrogens (tertiary/aromatic N) is 3. The molecule has 4 heteroatoms. The molecule has 2 fully saturated rings. The normalized spacial score (nSPS) is 22.2. The largest absolute Gasteiger partial charge is 0.341 e. The Morgan fingerprint density at radius 2 is 2.17 bits per heavy atom. The van der Waals surface area contributed by atoms with Gasteiger partial charge >= 0.3 is 0 Å². The average Bonchev–Trinajstić information content (AvgIpc) is 2.53. The molecule has 0 N–H and O–H groups in total. The lowest BCUT2D eigenvalue weighted by Gasteiger charge is -2.40. The standard InChI is InChI=1S/C19H25N3O/c1-21(19(23)17-7-3-8-17)18-9-4-10-22(14-18)13-16-6-2-5-15(11-16)12-20/h2,5-6,11,17-18H,3-4,7-10,13-14H2,1H3. The van der Waals surface area contributed by atoms with Crippen LogP contribution in [-0.4, -0.2) is 41.9 Å². The molecule has 0 bridgehead atoms. The number of piperidine rings is 1. The molecule has 1 heterocycles. The van der Waals surface area contributed by atoms with Gasteiger partial charge in [-0.2, -0.15) is 5.26 Å². The Morgan fingerprint density at radius 3 is 2.87 bits per heavy atom. The van der Waals surface area contributed by atoms with Crippen LogP contribution in [0.2, 0.25) is 0 Å². The summed E-state index contributed by atoms with van der Waals surface area (Å²) in [6, 6.07) is 10.4. The lowest BCUT2D eigenvalue weighted by molar-refractivity contribution is -0.140. The van der Waals surface area contributed by atoms with Gasteiger partial charge in [-0.3, -0.25) is 9.69 Å². The first-order chi connectivity index (χ1) is 11.2. The molecule has 1 saturated carbocycles. The summed E-state index contributed by atoms with van der Waals surface area (Å²) in [5, 5.41) is 9.02. The van der Waals surface area contributed by atoms with Crippen LogP contribution in [0.15, 0.2) is 24.3 Å². The quantitative estimate of drug-likeness (QED) is 0.859. The van der Waals surface area contributed by atoms with Gasteiger partial charge in [-0.25, -0.2) is 0 Å². The molecule has 1 aliphatic carbocycles. The second-order valence-electron chi connectivity index (χ2n) is 6.92. The zero-order valence-corrected chi connectivity index (χ0v) is 13.9. The van der Waals surface area contributed by atoms with Gasteiger partial charge in [-0.05, 0) is 49.9 Å². The van der Waals surface area contributed by atoms with Crippen LogP contribution >= 0.6 is 0 Å². The fourth-order valence-corrected chi connectivity index (χ4v) is 3.61. The minimum Gasteiger partial charge on any atom is -0.341 e. The maximum atomic E-state index is 12.4. The third-order valence-corrected chi connectivity index (χ3v) is 5.29. The number of hydrogen-bond acceptors (Lipinski definition) is 3. The van der Waals surface area contributed by atoms with E-state index >= 15 is 0 Å². The summed E-state index contributed by atoms with van der Waals surface area (Å²) in [6.07, 6.45) is 5.58. The predicted octanol–water partition coefficient (Wildman–Crippen LogP) is 2.78. The van der Waals surface area contributed by atoms with Crippen molar-refractivity contribution in [2.24, 2.45) is 5.92 Å². The maximum Gasteiger partial charge on any atom is 0.225 e. The van der Waals surface area contributed by atoms with Crippen LogP contribution in [0.5, 0.6) is 0 Å². The molecule has 0 aromatic heterocycles. The summed E-state index contributed by atoms with van der Waals surface area (Å²) in [5.74, 6) is 0.622. The number of carbonyl (C=O) groups is 1. The number of carbonyl (C=O) groups excluding carboxylic acids is 1. The molecule has 3 rings (SSSR count). The highest BCUT2D eigenvalue weighted by atomic mass is 16.2. The molecular formula is C19H25N3O. The van der Waals surface area contributed by atoms with Gasteiger partial charge in [0.2, 0.25) is 5.91 Å². The van der Waals surface area contributed by atoms with Gasteiger partial charge in [0, 0.05) is 32.1 Å². The zero-order chi connectivity index (χ0) is 16.2. The number of benzene rings is 1. The van der Waals surface area contributed by atoms with E-state index in [0.717, 1.165) is 45.3 Å². The highest BCUT2D eigenvalue weighted by Gasteiger charge is 2.32. The maximum absolute atomic E-state index is 12.4. The van der Waals surface area contributed by atoms with Gasteiger partial charge in [-0.15, -0.1) is 0 Å². The van der Waals surface area contributed by atoms with Crippen LogP contribution in [-0.2, 0) is 11.3 Å². The van der Waals surface area contributed by atoms with Crippen molar-refractivity contribution in [3.05, 3.63) is 35.4 Å². The molecule has 1 aromatic carbocycles. The van der Waals surface area contributed by atoms with Crippen LogP contribution in [0.4, 0.5) is 0 Å². The Hall–Kier alpha value is -1.86. The number of amides is 1. The summed E-state index contributed by atoms with van der Waals surface area (Å²) in [6.45, 7) is 2.86. The second-order valence-corrected chi connectivity index (χ2v) is 6.92. The summed E-state index contributed by atoms with van der Waals surface area (Å²) in [5.41, 5.74) is 1.89. The van der Waals surface area contributed by atoms with Crippen molar-refractivity contribution in [1.29, 1.82) is 5.26 Å². The van der Waals surface area contributed by atoms with E-state index < -0.39 is 0 Å². The van der Waals surface area contributed by atoms with Crippen molar-refractivity contribution in [1.82, 2.24) is 9.80 Å². The minimum atomic E-state index is 0.280. The second kappa shape index (κ2) is 7.14. The van der Waals surface area contributed by atoms with E-state index in [-0.39, 0.29) is 5.92 Å². The molecule has 1 aromatic rings. The van der Waals surface area contributed by atoms with Crippen LogP contribution in [0.3, 0.4) is 0 Å². The van der Waals surface area contributed by atoms with Gasteiger partial charge in [0.15, 0.2) is 0 Å². The molecule has 0 spiro atoms. The molecule has 4 nitrogen and oxygen atoms in total. The Balaban J connectivity index is 1.59. The molecule has 1 atom stereocenters. The molecule has 23 heavy (non-hydrogen) atoms. The van der Waals surface area contributed by atoms with Crippen LogP contribution < -0.4 is 0 Å². The fourth-order valence-electron chi connectivity index (χ4n) is 3.61. The molecule has 0 radical (unpaired) electrons. The number of rotatable bonds is 4. The number of likely N-dealkylation sites (N-methyl/N-ethyl adjacent to an activating group) is 1. The van der Waals surface area contributed by atoms with Crippen LogP contribution in [0.1, 0.15) is 43.2 Å². The monoisotopic (exact) mass is 311 g/mol. The van der Waals surface area contributed by atoms with Gasteiger partial charge in [-0.1, -0.05) is 18.6 Å². The average molecular weight is 311 g/mol. The number of nitriles is 1. The summed E-state index contributed by atoms with van der Waals surface area (Å²) >= 11 is 0. The van der Waals surface area contributed by atoms with Crippen molar-refractivity contribution in [2.45, 2.75) is 44.7 Å². The lowest BCUT2D eigenvalue weighted by atomic mass is 9.84. The Kier molecular flexibility index (Phi) is 4.97. The molecule has 1 saturated heterocycles. The minimum absolute atomic E-state index is 0.280. The van der Waals surface area contributed by atoms with Crippen molar-refractivity contribution < 1.29 is 4.79 Å². The summed E-state index contributed by atoms with van der Waals surface area (Å²) in [7, 11) is 1.98. The zero-order valence-electron chi connectivity index (χ0n) is 13.9. The van der Waals surface area contributed by atoms with Gasteiger partial charge in [0.25, 0.3) is 0 Å². The van der Waals surface area contributed by atoms with Gasteiger partial charge in [0.05, 0.1) is 11.6 Å². The Bertz CT molecular complexity index is 603. The number of hydrogen-bond donors (Lipinski definition) is 0. The van der Waals surface area contributed by atoms with Crippen molar-refractivity contribution in [3.8, 4) is 6.07 Å².